The smallest absolute Gasteiger partial charge is 0.337 e. The Balaban J connectivity index is 2.35. The molecule has 1 atom stereocenters. The first-order valence-corrected chi connectivity index (χ1v) is 5.92. The van der Waals surface area contributed by atoms with Gasteiger partial charge in [0.2, 0.25) is 5.91 Å². The molecule has 0 saturated heterocycles. The zero-order chi connectivity index (χ0) is 13.3. The number of carbonyl (C=O) groups excluding carboxylic acids is 1. The van der Waals surface area contributed by atoms with Crippen molar-refractivity contribution < 1.29 is 14.7 Å². The van der Waals surface area contributed by atoms with Crippen LogP contribution >= 0.6 is 0 Å². The van der Waals surface area contributed by atoms with Gasteiger partial charge in [0.15, 0.2) is 0 Å². The average Bonchev–Trinajstić information content (AvgIpc) is 2.28. The molecule has 5 nitrogen and oxygen atoms in total. The Labute approximate surface area is 105 Å². The fourth-order valence-electron chi connectivity index (χ4n) is 2.09. The molecule has 1 aliphatic rings. The van der Waals surface area contributed by atoms with Crippen LogP contribution in [0.4, 0.5) is 11.4 Å². The van der Waals surface area contributed by atoms with E-state index in [9.17, 15) is 9.59 Å². The molecular weight excluding hydrogens is 232 g/mol. The second-order valence-electron chi connectivity index (χ2n) is 4.85. The minimum Gasteiger partial charge on any atom is -0.478 e. The number of carbonyl (C=O) groups is 2. The summed E-state index contributed by atoms with van der Waals surface area (Å²) in [6.07, 6.45) is 0.666. The number of benzene rings is 1. The molecule has 0 radical (unpaired) electrons. The summed E-state index contributed by atoms with van der Waals surface area (Å²) in [5.41, 5.74) is 1.21. The highest BCUT2D eigenvalue weighted by Crippen LogP contribution is 2.31. The summed E-state index contributed by atoms with van der Waals surface area (Å²) in [5, 5.41) is 14.9. The summed E-state index contributed by atoms with van der Waals surface area (Å²) >= 11 is 0. The Hall–Kier alpha value is -2.04. The number of fused-ring (bicyclic) bond motifs is 1. The monoisotopic (exact) mass is 248 g/mol. The number of hydrogen-bond acceptors (Lipinski definition) is 3. The average molecular weight is 248 g/mol. The third-order valence-corrected chi connectivity index (χ3v) is 2.89. The zero-order valence-corrected chi connectivity index (χ0v) is 10.4. The van der Waals surface area contributed by atoms with E-state index in [1.54, 1.807) is 12.1 Å². The molecule has 96 valence electrons. The molecule has 0 aliphatic carbocycles. The van der Waals surface area contributed by atoms with Crippen molar-refractivity contribution in [2.45, 2.75) is 26.3 Å². The number of aromatic carboxylic acids is 1. The second kappa shape index (κ2) is 4.68. The Morgan fingerprint density at radius 1 is 1.44 bits per heavy atom. The molecule has 5 heteroatoms. The van der Waals surface area contributed by atoms with Crippen LogP contribution in [0.2, 0.25) is 0 Å². The summed E-state index contributed by atoms with van der Waals surface area (Å²) < 4.78 is 0. The van der Waals surface area contributed by atoms with Crippen LogP contribution in [0, 0.1) is 5.92 Å². The first kappa shape index (κ1) is 12.4. The van der Waals surface area contributed by atoms with Gasteiger partial charge in [0.25, 0.3) is 0 Å². The number of amides is 1. The van der Waals surface area contributed by atoms with Gasteiger partial charge in [0, 0.05) is 0 Å². The molecule has 18 heavy (non-hydrogen) atoms. The van der Waals surface area contributed by atoms with Gasteiger partial charge >= 0.3 is 5.97 Å². The number of para-hydroxylation sites is 1. The van der Waals surface area contributed by atoms with E-state index in [-0.39, 0.29) is 17.5 Å². The number of rotatable bonds is 3. The molecule has 3 N–H and O–H groups in total. The van der Waals surface area contributed by atoms with Crippen molar-refractivity contribution in [1.82, 2.24) is 0 Å². The van der Waals surface area contributed by atoms with Crippen molar-refractivity contribution >= 4 is 23.3 Å². The first-order chi connectivity index (χ1) is 8.49. The third-order valence-electron chi connectivity index (χ3n) is 2.89. The van der Waals surface area contributed by atoms with Crippen molar-refractivity contribution in [3.8, 4) is 0 Å². The Bertz CT molecular complexity index is 497. The van der Waals surface area contributed by atoms with E-state index in [1.165, 1.54) is 6.07 Å². The summed E-state index contributed by atoms with van der Waals surface area (Å²) in [7, 11) is 0. The first-order valence-electron chi connectivity index (χ1n) is 5.92. The maximum Gasteiger partial charge on any atom is 0.337 e. The molecule has 1 amide bonds. The molecule has 0 fully saturated rings. The fourth-order valence-corrected chi connectivity index (χ4v) is 2.09. The summed E-state index contributed by atoms with van der Waals surface area (Å²) in [5.74, 6) is -0.760. The Morgan fingerprint density at radius 3 is 2.78 bits per heavy atom. The minimum absolute atomic E-state index is 0.112. The molecule has 1 heterocycles. The van der Waals surface area contributed by atoms with Gasteiger partial charge in [-0.1, -0.05) is 19.9 Å². The highest BCUT2D eigenvalue weighted by atomic mass is 16.4. The van der Waals surface area contributed by atoms with E-state index in [0.717, 1.165) is 0 Å². The SMILES string of the molecule is CC(C)CC1Nc2c(cccc2C(=O)O)NC1=O. The van der Waals surface area contributed by atoms with Crippen LogP contribution in [-0.2, 0) is 4.79 Å². The molecule has 1 aromatic rings. The summed E-state index contributed by atoms with van der Waals surface area (Å²) in [6, 6.07) is 4.46. The highest BCUT2D eigenvalue weighted by Gasteiger charge is 2.28. The molecule has 2 rings (SSSR count). The zero-order valence-electron chi connectivity index (χ0n) is 10.4. The maximum atomic E-state index is 11.9. The largest absolute Gasteiger partial charge is 0.478 e. The van der Waals surface area contributed by atoms with Crippen LogP contribution in [0.3, 0.4) is 0 Å². The topological polar surface area (TPSA) is 78.4 Å². The van der Waals surface area contributed by atoms with E-state index in [0.29, 0.717) is 23.7 Å². The lowest BCUT2D eigenvalue weighted by molar-refractivity contribution is -0.117. The van der Waals surface area contributed by atoms with Crippen molar-refractivity contribution in [2.75, 3.05) is 10.6 Å². The molecule has 0 aromatic heterocycles. The van der Waals surface area contributed by atoms with Gasteiger partial charge < -0.3 is 15.7 Å². The van der Waals surface area contributed by atoms with Gasteiger partial charge in [0.1, 0.15) is 6.04 Å². The number of hydrogen-bond donors (Lipinski definition) is 3. The molecule has 1 unspecified atom stereocenters. The molecule has 0 spiro atoms. The van der Waals surface area contributed by atoms with Crippen LogP contribution < -0.4 is 10.6 Å². The minimum atomic E-state index is -1.00. The van der Waals surface area contributed by atoms with Crippen molar-refractivity contribution in [1.29, 1.82) is 0 Å². The molecule has 0 bridgehead atoms. The normalized spacial score (nSPS) is 17.9. The Morgan fingerprint density at radius 2 is 2.17 bits per heavy atom. The van der Waals surface area contributed by atoms with Crippen molar-refractivity contribution in [2.24, 2.45) is 5.92 Å². The fraction of sp³-hybridized carbons (Fsp3) is 0.385. The van der Waals surface area contributed by atoms with Crippen LogP contribution in [0.25, 0.3) is 0 Å². The maximum absolute atomic E-state index is 11.9. The Kier molecular flexibility index (Phi) is 3.23. The van der Waals surface area contributed by atoms with Gasteiger partial charge in [-0.2, -0.15) is 0 Å². The van der Waals surface area contributed by atoms with E-state index >= 15 is 0 Å². The van der Waals surface area contributed by atoms with Crippen LogP contribution in [-0.4, -0.2) is 23.0 Å². The lowest BCUT2D eigenvalue weighted by Crippen LogP contribution is -2.40. The molecule has 1 aliphatic heterocycles. The summed E-state index contributed by atoms with van der Waals surface area (Å²) in [4.78, 5) is 23.0. The lowest BCUT2D eigenvalue weighted by Gasteiger charge is -2.28. The lowest BCUT2D eigenvalue weighted by atomic mass is 9.99. The van der Waals surface area contributed by atoms with Gasteiger partial charge in [-0.05, 0) is 24.5 Å². The number of anilines is 2. The van der Waals surface area contributed by atoms with Crippen molar-refractivity contribution in [3.05, 3.63) is 23.8 Å². The number of nitrogens with one attached hydrogen (secondary N) is 2. The molecule has 0 saturated carbocycles. The number of carboxylic acid groups (broad SMARTS) is 1. The quantitative estimate of drug-likeness (QED) is 0.766. The predicted octanol–water partition coefficient (Wildman–Crippen LogP) is 2.16. The van der Waals surface area contributed by atoms with E-state index in [4.69, 9.17) is 5.11 Å². The standard InChI is InChI=1S/C13H16N2O3/c1-7(2)6-10-12(16)15-9-5-3-4-8(13(17)18)11(9)14-10/h3-5,7,10,14H,6H2,1-2H3,(H,15,16)(H,17,18). The predicted molar refractivity (Wildman–Crippen MR) is 68.9 cm³/mol. The van der Waals surface area contributed by atoms with Crippen molar-refractivity contribution in [3.63, 3.8) is 0 Å². The van der Waals surface area contributed by atoms with Gasteiger partial charge in [-0.25, -0.2) is 4.79 Å². The van der Waals surface area contributed by atoms with Gasteiger partial charge in [-0.3, -0.25) is 4.79 Å². The van der Waals surface area contributed by atoms with E-state index in [1.807, 2.05) is 13.8 Å². The highest BCUT2D eigenvalue weighted by molar-refractivity contribution is 6.08. The second-order valence-corrected chi connectivity index (χ2v) is 4.85. The van der Waals surface area contributed by atoms with E-state index in [2.05, 4.69) is 10.6 Å². The molecular formula is C13H16N2O3. The van der Waals surface area contributed by atoms with Gasteiger partial charge in [-0.15, -0.1) is 0 Å². The van der Waals surface area contributed by atoms with E-state index < -0.39 is 5.97 Å². The summed E-state index contributed by atoms with van der Waals surface area (Å²) in [6.45, 7) is 4.04. The third kappa shape index (κ3) is 2.30. The van der Waals surface area contributed by atoms with Gasteiger partial charge in [0.05, 0.1) is 16.9 Å². The molecule has 1 aromatic carbocycles. The van der Waals surface area contributed by atoms with Crippen LogP contribution in [0.1, 0.15) is 30.6 Å². The van der Waals surface area contributed by atoms with Crippen LogP contribution in [0.5, 0.6) is 0 Å². The van der Waals surface area contributed by atoms with Crippen LogP contribution in [0.15, 0.2) is 18.2 Å². The number of carboxylic acids is 1.